The SMILES string of the molecule is CCOC(=O)c1oc(CC(C)=O)nc1C. The van der Waals surface area contributed by atoms with Gasteiger partial charge in [0.25, 0.3) is 0 Å². The molecule has 0 aromatic carbocycles. The smallest absolute Gasteiger partial charge is 0.376 e. The summed E-state index contributed by atoms with van der Waals surface area (Å²) in [5.74, 6) is -0.278. The van der Waals surface area contributed by atoms with Crippen molar-refractivity contribution in [1.82, 2.24) is 4.98 Å². The molecular formula is C10H13NO4. The summed E-state index contributed by atoms with van der Waals surface area (Å²) in [6, 6.07) is 0. The monoisotopic (exact) mass is 211 g/mol. The minimum Gasteiger partial charge on any atom is -0.460 e. The molecular weight excluding hydrogens is 198 g/mol. The first kappa shape index (κ1) is 11.4. The van der Waals surface area contributed by atoms with E-state index in [1.165, 1.54) is 6.92 Å². The first-order valence-corrected chi connectivity index (χ1v) is 4.67. The highest BCUT2D eigenvalue weighted by Gasteiger charge is 2.18. The van der Waals surface area contributed by atoms with E-state index in [0.717, 1.165) is 0 Å². The number of hydrogen-bond donors (Lipinski definition) is 0. The molecule has 5 heteroatoms. The van der Waals surface area contributed by atoms with Crippen molar-refractivity contribution in [3.63, 3.8) is 0 Å². The van der Waals surface area contributed by atoms with E-state index < -0.39 is 5.97 Å². The van der Waals surface area contributed by atoms with Crippen LogP contribution in [0.2, 0.25) is 0 Å². The van der Waals surface area contributed by atoms with Crippen molar-refractivity contribution in [3.8, 4) is 0 Å². The Bertz CT molecular complexity index is 381. The number of rotatable bonds is 4. The Hall–Kier alpha value is -1.65. The Morgan fingerprint density at radius 3 is 2.67 bits per heavy atom. The highest BCUT2D eigenvalue weighted by molar-refractivity contribution is 5.87. The quantitative estimate of drug-likeness (QED) is 0.702. The van der Waals surface area contributed by atoms with Crippen molar-refractivity contribution < 1.29 is 18.7 Å². The van der Waals surface area contributed by atoms with Crippen LogP contribution < -0.4 is 0 Å². The molecule has 0 radical (unpaired) electrons. The number of esters is 1. The predicted molar refractivity (Wildman–Crippen MR) is 51.6 cm³/mol. The number of carbonyl (C=O) groups excluding carboxylic acids is 2. The van der Waals surface area contributed by atoms with E-state index >= 15 is 0 Å². The third kappa shape index (κ3) is 2.90. The fraction of sp³-hybridized carbons (Fsp3) is 0.500. The summed E-state index contributed by atoms with van der Waals surface area (Å²) in [7, 11) is 0. The van der Waals surface area contributed by atoms with Gasteiger partial charge in [0.05, 0.1) is 18.7 Å². The number of ether oxygens (including phenoxy) is 1. The third-order valence-electron chi connectivity index (χ3n) is 1.70. The molecule has 0 amide bonds. The predicted octanol–water partition coefficient (Wildman–Crippen LogP) is 1.29. The van der Waals surface area contributed by atoms with E-state index in [4.69, 9.17) is 9.15 Å². The van der Waals surface area contributed by atoms with Crippen LogP contribution in [-0.2, 0) is 16.0 Å². The van der Waals surface area contributed by atoms with Gasteiger partial charge in [-0.05, 0) is 20.8 Å². The van der Waals surface area contributed by atoms with Gasteiger partial charge in [-0.1, -0.05) is 0 Å². The lowest BCUT2D eigenvalue weighted by molar-refractivity contribution is -0.116. The molecule has 0 saturated carbocycles. The normalized spacial score (nSPS) is 10.1. The molecule has 0 saturated heterocycles. The molecule has 15 heavy (non-hydrogen) atoms. The molecule has 1 heterocycles. The number of hydrogen-bond acceptors (Lipinski definition) is 5. The summed E-state index contributed by atoms with van der Waals surface area (Å²) in [4.78, 5) is 26.1. The van der Waals surface area contributed by atoms with Gasteiger partial charge in [-0.3, -0.25) is 4.79 Å². The highest BCUT2D eigenvalue weighted by atomic mass is 16.5. The van der Waals surface area contributed by atoms with Crippen molar-refractivity contribution in [2.75, 3.05) is 6.61 Å². The maximum Gasteiger partial charge on any atom is 0.376 e. The minimum absolute atomic E-state index is 0.0633. The topological polar surface area (TPSA) is 69.4 Å². The van der Waals surface area contributed by atoms with Crippen LogP contribution in [0.1, 0.15) is 36.0 Å². The van der Waals surface area contributed by atoms with Crippen LogP contribution in [0.5, 0.6) is 0 Å². The van der Waals surface area contributed by atoms with Crippen molar-refractivity contribution in [2.45, 2.75) is 27.2 Å². The zero-order chi connectivity index (χ0) is 11.4. The Labute approximate surface area is 87.4 Å². The molecule has 1 aromatic heterocycles. The average molecular weight is 211 g/mol. The second-order valence-corrected chi connectivity index (χ2v) is 3.12. The average Bonchev–Trinajstić information content (AvgIpc) is 2.46. The van der Waals surface area contributed by atoms with Crippen LogP contribution in [0.4, 0.5) is 0 Å². The number of carbonyl (C=O) groups is 2. The molecule has 0 aliphatic rings. The fourth-order valence-corrected chi connectivity index (χ4v) is 1.13. The summed E-state index contributed by atoms with van der Waals surface area (Å²) in [5, 5.41) is 0. The zero-order valence-electron chi connectivity index (χ0n) is 8.99. The number of nitrogens with zero attached hydrogens (tertiary/aromatic N) is 1. The summed E-state index contributed by atoms with van der Waals surface area (Å²) in [5.41, 5.74) is 0.449. The van der Waals surface area contributed by atoms with Crippen molar-refractivity contribution in [2.24, 2.45) is 0 Å². The number of oxazole rings is 1. The third-order valence-corrected chi connectivity index (χ3v) is 1.70. The van der Waals surface area contributed by atoms with Crippen LogP contribution in [0.25, 0.3) is 0 Å². The highest BCUT2D eigenvalue weighted by Crippen LogP contribution is 2.12. The van der Waals surface area contributed by atoms with E-state index in [1.807, 2.05) is 0 Å². The number of aromatic nitrogens is 1. The van der Waals surface area contributed by atoms with Crippen LogP contribution in [-0.4, -0.2) is 23.3 Å². The van der Waals surface area contributed by atoms with E-state index in [-0.39, 0.29) is 30.5 Å². The Morgan fingerprint density at radius 1 is 1.47 bits per heavy atom. The first-order valence-electron chi connectivity index (χ1n) is 4.67. The lowest BCUT2D eigenvalue weighted by atomic mass is 10.3. The fourth-order valence-electron chi connectivity index (χ4n) is 1.13. The van der Waals surface area contributed by atoms with Crippen molar-refractivity contribution in [1.29, 1.82) is 0 Å². The first-order chi connectivity index (χ1) is 7.04. The molecule has 1 rings (SSSR count). The number of ketones is 1. The Morgan fingerprint density at radius 2 is 2.13 bits per heavy atom. The maximum atomic E-state index is 11.3. The molecule has 0 spiro atoms. The van der Waals surface area contributed by atoms with Gasteiger partial charge in [0.2, 0.25) is 11.7 Å². The Kier molecular flexibility index (Phi) is 3.60. The van der Waals surface area contributed by atoms with Gasteiger partial charge < -0.3 is 9.15 Å². The number of Topliss-reactive ketones (excluding diaryl/α,β-unsaturated/α-hetero) is 1. The molecule has 1 aromatic rings. The molecule has 0 fully saturated rings. The van der Waals surface area contributed by atoms with Gasteiger partial charge >= 0.3 is 5.97 Å². The van der Waals surface area contributed by atoms with Crippen LogP contribution >= 0.6 is 0 Å². The van der Waals surface area contributed by atoms with Crippen LogP contribution in [0, 0.1) is 6.92 Å². The molecule has 0 aliphatic carbocycles. The van der Waals surface area contributed by atoms with E-state index in [1.54, 1.807) is 13.8 Å². The van der Waals surface area contributed by atoms with Crippen molar-refractivity contribution in [3.05, 3.63) is 17.3 Å². The summed E-state index contributed by atoms with van der Waals surface area (Å²) in [6.07, 6.45) is 0.0975. The largest absolute Gasteiger partial charge is 0.460 e. The minimum atomic E-state index is -0.544. The van der Waals surface area contributed by atoms with Crippen LogP contribution in [0.3, 0.4) is 0 Å². The van der Waals surface area contributed by atoms with Gasteiger partial charge in [0.15, 0.2) is 0 Å². The lowest BCUT2D eigenvalue weighted by Gasteiger charge is -1.97. The zero-order valence-corrected chi connectivity index (χ0v) is 8.99. The molecule has 0 aliphatic heterocycles. The molecule has 0 atom stereocenters. The summed E-state index contributed by atoms with van der Waals surface area (Å²) < 4.78 is 9.90. The second-order valence-electron chi connectivity index (χ2n) is 3.12. The van der Waals surface area contributed by atoms with Gasteiger partial charge in [0, 0.05) is 0 Å². The lowest BCUT2D eigenvalue weighted by Crippen LogP contribution is -2.04. The molecule has 5 nitrogen and oxygen atoms in total. The van der Waals surface area contributed by atoms with E-state index in [0.29, 0.717) is 5.69 Å². The van der Waals surface area contributed by atoms with Crippen molar-refractivity contribution >= 4 is 11.8 Å². The van der Waals surface area contributed by atoms with E-state index in [9.17, 15) is 9.59 Å². The van der Waals surface area contributed by atoms with Gasteiger partial charge in [-0.2, -0.15) is 0 Å². The standard InChI is InChI=1S/C10H13NO4/c1-4-14-10(13)9-7(3)11-8(15-9)5-6(2)12/h4-5H2,1-3H3. The van der Waals surface area contributed by atoms with E-state index in [2.05, 4.69) is 4.98 Å². The summed E-state index contributed by atoms with van der Waals surface area (Å²) >= 11 is 0. The van der Waals surface area contributed by atoms with Gasteiger partial charge in [-0.15, -0.1) is 0 Å². The maximum absolute atomic E-state index is 11.3. The molecule has 0 N–H and O–H groups in total. The second kappa shape index (κ2) is 4.72. The van der Waals surface area contributed by atoms with Crippen LogP contribution in [0.15, 0.2) is 4.42 Å². The molecule has 0 bridgehead atoms. The Balaban J connectivity index is 2.86. The molecule has 0 unspecified atom stereocenters. The molecule has 82 valence electrons. The number of aryl methyl sites for hydroxylation is 1. The summed E-state index contributed by atoms with van der Waals surface area (Å²) in [6.45, 7) is 5.06. The van der Waals surface area contributed by atoms with Gasteiger partial charge in [0.1, 0.15) is 5.78 Å². The van der Waals surface area contributed by atoms with Gasteiger partial charge in [-0.25, -0.2) is 9.78 Å².